The van der Waals surface area contributed by atoms with Crippen molar-refractivity contribution >= 4 is 11.6 Å². The van der Waals surface area contributed by atoms with E-state index in [-0.39, 0.29) is 5.54 Å². The Morgan fingerprint density at radius 1 is 1.20 bits per heavy atom. The van der Waals surface area contributed by atoms with Gasteiger partial charge in [-0.05, 0) is 40.3 Å². The molecule has 1 aliphatic carbocycles. The Morgan fingerprint density at radius 3 is 2.30 bits per heavy atom. The Labute approximate surface area is 122 Å². The molecule has 2 rings (SSSR count). The Balaban J connectivity index is 2.25. The summed E-state index contributed by atoms with van der Waals surface area (Å²) in [4.78, 5) is 13.6. The van der Waals surface area contributed by atoms with Crippen molar-refractivity contribution in [1.29, 1.82) is 0 Å². The molecule has 1 heterocycles. The predicted molar refractivity (Wildman–Crippen MR) is 84.1 cm³/mol. The highest BCUT2D eigenvalue weighted by Gasteiger charge is 2.40. The van der Waals surface area contributed by atoms with Crippen LogP contribution in [0.5, 0.6) is 0 Å². The molecule has 0 unspecified atom stereocenters. The predicted octanol–water partition coefficient (Wildman–Crippen LogP) is 1.85. The number of aryl methyl sites for hydroxylation is 1. The Morgan fingerprint density at radius 2 is 1.85 bits per heavy atom. The van der Waals surface area contributed by atoms with Crippen LogP contribution in [0.2, 0.25) is 0 Å². The minimum absolute atomic E-state index is 0.285. The van der Waals surface area contributed by atoms with Gasteiger partial charge in [0.05, 0.1) is 0 Å². The molecule has 2 N–H and O–H groups in total. The molecule has 0 aromatic carbocycles. The lowest BCUT2D eigenvalue weighted by atomic mass is 9.75. The van der Waals surface area contributed by atoms with Crippen LogP contribution >= 0.6 is 0 Å². The lowest BCUT2D eigenvalue weighted by Crippen LogP contribution is -2.57. The van der Waals surface area contributed by atoms with Crippen LogP contribution < -0.4 is 10.6 Å². The van der Waals surface area contributed by atoms with Crippen LogP contribution in [0, 0.1) is 6.92 Å². The standard InChI is InChI=1S/C15H27N5/c1-6-12-17-13(16)11(2)14(18-12)20(5)10-15(19(3)4)8-7-9-15/h6-10H2,1-5H3,(H2,16,17,18). The molecule has 5 nitrogen and oxygen atoms in total. The molecule has 0 aliphatic heterocycles. The highest BCUT2D eigenvalue weighted by Crippen LogP contribution is 2.37. The third kappa shape index (κ3) is 2.59. The molecule has 5 heteroatoms. The Bertz CT molecular complexity index is 479. The summed E-state index contributed by atoms with van der Waals surface area (Å²) >= 11 is 0. The first-order valence-electron chi connectivity index (χ1n) is 7.41. The van der Waals surface area contributed by atoms with E-state index in [1.54, 1.807) is 0 Å². The number of nitrogen functional groups attached to an aromatic ring is 1. The second-order valence-corrected chi connectivity index (χ2v) is 6.16. The molecule has 20 heavy (non-hydrogen) atoms. The zero-order chi connectivity index (χ0) is 14.9. The number of nitrogens with zero attached hydrogens (tertiary/aromatic N) is 4. The number of anilines is 2. The third-order valence-electron chi connectivity index (χ3n) is 4.65. The van der Waals surface area contributed by atoms with Gasteiger partial charge in [0, 0.05) is 31.1 Å². The van der Waals surface area contributed by atoms with Gasteiger partial charge in [-0.2, -0.15) is 0 Å². The Kier molecular flexibility index (Phi) is 4.18. The number of hydrogen-bond donors (Lipinski definition) is 1. The number of likely N-dealkylation sites (N-methyl/N-ethyl adjacent to an activating group) is 2. The van der Waals surface area contributed by atoms with Crippen LogP contribution in [0.4, 0.5) is 11.6 Å². The van der Waals surface area contributed by atoms with Crippen LogP contribution in [0.25, 0.3) is 0 Å². The fourth-order valence-electron chi connectivity index (χ4n) is 2.95. The lowest BCUT2D eigenvalue weighted by molar-refractivity contribution is 0.0681. The van der Waals surface area contributed by atoms with Crippen LogP contribution in [0.3, 0.4) is 0 Å². The SMILES string of the molecule is CCc1nc(N)c(C)c(N(C)CC2(N(C)C)CCC2)n1. The van der Waals surface area contributed by atoms with Crippen molar-refractivity contribution in [3.63, 3.8) is 0 Å². The molecule has 0 bridgehead atoms. The van der Waals surface area contributed by atoms with Gasteiger partial charge >= 0.3 is 0 Å². The van der Waals surface area contributed by atoms with E-state index in [1.165, 1.54) is 19.3 Å². The molecule has 112 valence electrons. The smallest absolute Gasteiger partial charge is 0.137 e. The molecule has 1 aromatic heterocycles. The zero-order valence-corrected chi connectivity index (χ0v) is 13.4. The van der Waals surface area contributed by atoms with Crippen molar-refractivity contribution in [2.75, 3.05) is 38.3 Å². The number of hydrogen-bond acceptors (Lipinski definition) is 5. The van der Waals surface area contributed by atoms with Crippen LogP contribution in [0.15, 0.2) is 0 Å². The van der Waals surface area contributed by atoms with Gasteiger partial charge in [0.1, 0.15) is 17.5 Å². The maximum absolute atomic E-state index is 6.02. The fourth-order valence-corrected chi connectivity index (χ4v) is 2.95. The molecule has 1 fully saturated rings. The van der Waals surface area contributed by atoms with Crippen LogP contribution in [-0.2, 0) is 6.42 Å². The summed E-state index contributed by atoms with van der Waals surface area (Å²) in [6.45, 7) is 5.05. The first-order chi connectivity index (χ1) is 9.39. The molecule has 1 saturated carbocycles. The van der Waals surface area contributed by atoms with E-state index in [9.17, 15) is 0 Å². The largest absolute Gasteiger partial charge is 0.383 e. The van der Waals surface area contributed by atoms with E-state index < -0.39 is 0 Å². The van der Waals surface area contributed by atoms with Gasteiger partial charge in [-0.25, -0.2) is 9.97 Å². The second-order valence-electron chi connectivity index (χ2n) is 6.16. The molecule has 1 aliphatic rings. The van der Waals surface area contributed by atoms with Gasteiger partial charge in [0.25, 0.3) is 0 Å². The molecule has 0 atom stereocenters. The van der Waals surface area contributed by atoms with Gasteiger partial charge in [-0.1, -0.05) is 6.92 Å². The minimum atomic E-state index is 0.285. The lowest BCUT2D eigenvalue weighted by Gasteiger charge is -2.49. The normalized spacial score (nSPS) is 17.1. The van der Waals surface area contributed by atoms with Crippen molar-refractivity contribution < 1.29 is 0 Å². The molecular weight excluding hydrogens is 250 g/mol. The summed E-state index contributed by atoms with van der Waals surface area (Å²) in [6.07, 6.45) is 4.64. The highest BCUT2D eigenvalue weighted by molar-refractivity contribution is 5.56. The summed E-state index contributed by atoms with van der Waals surface area (Å²) in [6, 6.07) is 0. The fraction of sp³-hybridized carbons (Fsp3) is 0.733. The first kappa shape index (κ1) is 15.0. The Hall–Kier alpha value is -1.36. The van der Waals surface area contributed by atoms with E-state index in [0.717, 1.165) is 30.2 Å². The van der Waals surface area contributed by atoms with Crippen molar-refractivity contribution in [3.8, 4) is 0 Å². The molecule has 0 amide bonds. The van der Waals surface area contributed by atoms with E-state index in [0.29, 0.717) is 5.82 Å². The molecule has 1 aromatic rings. The quantitative estimate of drug-likeness (QED) is 0.890. The van der Waals surface area contributed by atoms with Crippen molar-refractivity contribution in [3.05, 3.63) is 11.4 Å². The van der Waals surface area contributed by atoms with Gasteiger partial charge in [-0.15, -0.1) is 0 Å². The van der Waals surface area contributed by atoms with E-state index in [2.05, 4.69) is 47.8 Å². The molecular formula is C15H27N5. The number of nitrogens with two attached hydrogens (primary N) is 1. The van der Waals surface area contributed by atoms with Crippen LogP contribution in [0.1, 0.15) is 37.6 Å². The van der Waals surface area contributed by atoms with Gasteiger partial charge in [0.2, 0.25) is 0 Å². The van der Waals surface area contributed by atoms with E-state index in [4.69, 9.17) is 5.73 Å². The van der Waals surface area contributed by atoms with Gasteiger partial charge < -0.3 is 15.5 Å². The summed E-state index contributed by atoms with van der Waals surface area (Å²) < 4.78 is 0. The second kappa shape index (κ2) is 5.56. The summed E-state index contributed by atoms with van der Waals surface area (Å²) in [5.74, 6) is 2.40. The van der Waals surface area contributed by atoms with Gasteiger partial charge in [0.15, 0.2) is 0 Å². The van der Waals surface area contributed by atoms with E-state index in [1.807, 2.05) is 6.92 Å². The van der Waals surface area contributed by atoms with Crippen molar-refractivity contribution in [2.24, 2.45) is 0 Å². The third-order valence-corrected chi connectivity index (χ3v) is 4.65. The van der Waals surface area contributed by atoms with Crippen LogP contribution in [-0.4, -0.2) is 48.1 Å². The molecule has 0 spiro atoms. The molecule has 0 radical (unpaired) electrons. The summed E-state index contributed by atoms with van der Waals surface area (Å²) in [7, 11) is 6.45. The molecule has 0 saturated heterocycles. The van der Waals surface area contributed by atoms with Crippen molar-refractivity contribution in [2.45, 2.75) is 45.1 Å². The number of rotatable bonds is 5. The average Bonchev–Trinajstić information content (AvgIpc) is 2.36. The summed E-state index contributed by atoms with van der Waals surface area (Å²) in [5, 5.41) is 0. The number of aromatic nitrogens is 2. The summed E-state index contributed by atoms with van der Waals surface area (Å²) in [5.41, 5.74) is 7.29. The van der Waals surface area contributed by atoms with Crippen molar-refractivity contribution in [1.82, 2.24) is 14.9 Å². The topological polar surface area (TPSA) is 58.3 Å². The van der Waals surface area contributed by atoms with Gasteiger partial charge in [-0.3, -0.25) is 0 Å². The zero-order valence-electron chi connectivity index (χ0n) is 13.4. The maximum atomic E-state index is 6.02. The average molecular weight is 277 g/mol. The first-order valence-corrected chi connectivity index (χ1v) is 7.41. The maximum Gasteiger partial charge on any atom is 0.137 e. The highest BCUT2D eigenvalue weighted by atomic mass is 15.3. The monoisotopic (exact) mass is 277 g/mol. The van der Waals surface area contributed by atoms with E-state index >= 15 is 0 Å². The minimum Gasteiger partial charge on any atom is -0.383 e.